The van der Waals surface area contributed by atoms with Crippen LogP contribution in [0, 0.1) is 15.9 Å². The molecule has 2 N–H and O–H groups in total. The molecule has 1 aromatic carbocycles. The largest absolute Gasteiger partial charge is 0.481 e. The maximum atomic E-state index is 13.7. The summed E-state index contributed by atoms with van der Waals surface area (Å²) in [5.74, 6) is -1.69. The summed E-state index contributed by atoms with van der Waals surface area (Å²) in [4.78, 5) is 20.6. The Morgan fingerprint density at radius 1 is 1.53 bits per heavy atom. The van der Waals surface area contributed by atoms with E-state index in [0.29, 0.717) is 12.8 Å². The molecule has 0 atom stereocenters. The normalized spacial score (nSPS) is 16.5. The monoisotopic (exact) mass is 268 g/mol. The van der Waals surface area contributed by atoms with Crippen molar-refractivity contribution in [3.8, 4) is 0 Å². The van der Waals surface area contributed by atoms with Crippen LogP contribution in [0.25, 0.3) is 0 Å². The van der Waals surface area contributed by atoms with E-state index in [-0.39, 0.29) is 17.8 Å². The summed E-state index contributed by atoms with van der Waals surface area (Å²) in [7, 11) is 0. The molecular formula is C12H13FN2O4. The number of carboxylic acid groups (broad SMARTS) is 1. The number of carbonyl (C=O) groups is 1. The van der Waals surface area contributed by atoms with Gasteiger partial charge in [-0.25, -0.2) is 4.39 Å². The van der Waals surface area contributed by atoms with Gasteiger partial charge in [0.2, 0.25) is 0 Å². The molecule has 0 spiro atoms. The second-order valence-corrected chi connectivity index (χ2v) is 4.75. The van der Waals surface area contributed by atoms with Gasteiger partial charge in [0.1, 0.15) is 0 Å². The zero-order chi connectivity index (χ0) is 14.0. The lowest BCUT2D eigenvalue weighted by Crippen LogP contribution is -2.46. The summed E-state index contributed by atoms with van der Waals surface area (Å²) in [6.45, 7) is 0. The van der Waals surface area contributed by atoms with E-state index in [1.165, 1.54) is 12.1 Å². The van der Waals surface area contributed by atoms with Gasteiger partial charge in [-0.15, -0.1) is 0 Å². The number of nitrogens with one attached hydrogen (secondary N) is 1. The minimum absolute atomic E-state index is 0.0938. The second-order valence-electron chi connectivity index (χ2n) is 4.75. The van der Waals surface area contributed by atoms with Gasteiger partial charge in [-0.05, 0) is 25.3 Å². The van der Waals surface area contributed by atoms with Crippen molar-refractivity contribution in [2.45, 2.75) is 31.2 Å². The van der Waals surface area contributed by atoms with E-state index < -0.39 is 22.2 Å². The van der Waals surface area contributed by atoms with Crippen LogP contribution in [0.4, 0.5) is 15.8 Å². The minimum Gasteiger partial charge on any atom is -0.481 e. The molecule has 0 bridgehead atoms. The first-order chi connectivity index (χ1) is 8.92. The van der Waals surface area contributed by atoms with Gasteiger partial charge in [0.05, 0.1) is 23.1 Å². The van der Waals surface area contributed by atoms with Gasteiger partial charge in [-0.3, -0.25) is 14.9 Å². The Kier molecular flexibility index (Phi) is 3.37. The fraction of sp³-hybridized carbons (Fsp3) is 0.417. The van der Waals surface area contributed by atoms with Gasteiger partial charge < -0.3 is 10.4 Å². The Labute approximate surface area is 108 Å². The Hall–Kier alpha value is -2.18. The smallest absolute Gasteiger partial charge is 0.305 e. The third-order valence-corrected chi connectivity index (χ3v) is 3.36. The number of anilines is 1. The van der Waals surface area contributed by atoms with Crippen LogP contribution in [-0.2, 0) is 4.79 Å². The number of benzene rings is 1. The lowest BCUT2D eigenvalue weighted by atomic mass is 9.74. The van der Waals surface area contributed by atoms with Crippen LogP contribution in [0.5, 0.6) is 0 Å². The molecule has 0 radical (unpaired) electrons. The molecular weight excluding hydrogens is 255 g/mol. The minimum atomic E-state index is -0.950. The second kappa shape index (κ2) is 4.83. The van der Waals surface area contributed by atoms with E-state index in [9.17, 15) is 19.3 Å². The summed E-state index contributed by atoms with van der Waals surface area (Å²) in [6, 6.07) is 3.30. The fourth-order valence-corrected chi connectivity index (χ4v) is 2.24. The third kappa shape index (κ3) is 2.81. The van der Waals surface area contributed by atoms with Gasteiger partial charge in [0, 0.05) is 11.6 Å². The van der Waals surface area contributed by atoms with Gasteiger partial charge >= 0.3 is 5.97 Å². The van der Waals surface area contributed by atoms with E-state index in [2.05, 4.69) is 5.32 Å². The van der Waals surface area contributed by atoms with Crippen LogP contribution >= 0.6 is 0 Å². The number of aliphatic carboxylic acids is 1. The molecule has 0 heterocycles. The number of nitrogens with zero attached hydrogens (tertiary/aromatic N) is 1. The molecule has 2 rings (SSSR count). The van der Waals surface area contributed by atoms with Crippen molar-refractivity contribution < 1.29 is 19.2 Å². The molecule has 1 aromatic rings. The molecule has 1 aliphatic carbocycles. The molecule has 7 heteroatoms. The highest BCUT2D eigenvalue weighted by Gasteiger charge is 2.39. The third-order valence-electron chi connectivity index (χ3n) is 3.36. The van der Waals surface area contributed by atoms with Crippen molar-refractivity contribution >= 4 is 17.3 Å². The topological polar surface area (TPSA) is 92.5 Å². The van der Waals surface area contributed by atoms with Crippen LogP contribution in [0.2, 0.25) is 0 Å². The molecule has 0 unspecified atom stereocenters. The first-order valence-electron chi connectivity index (χ1n) is 5.86. The predicted octanol–water partition coefficient (Wildman–Crippen LogP) is 2.54. The lowest BCUT2D eigenvalue weighted by Gasteiger charge is -2.42. The molecule has 102 valence electrons. The summed E-state index contributed by atoms with van der Waals surface area (Å²) in [5, 5.41) is 22.2. The molecule has 19 heavy (non-hydrogen) atoms. The molecule has 0 amide bonds. The average Bonchev–Trinajstić information content (AvgIpc) is 2.27. The molecule has 1 fully saturated rings. The maximum Gasteiger partial charge on any atom is 0.305 e. The summed E-state index contributed by atoms with van der Waals surface area (Å²) >= 11 is 0. The van der Waals surface area contributed by atoms with Crippen molar-refractivity contribution in [3.05, 3.63) is 34.1 Å². The van der Waals surface area contributed by atoms with Crippen molar-refractivity contribution in [2.75, 3.05) is 5.32 Å². The zero-order valence-corrected chi connectivity index (χ0v) is 10.1. The first kappa shape index (κ1) is 13.3. The Bertz CT molecular complexity index is 528. The Morgan fingerprint density at radius 3 is 2.63 bits per heavy atom. The van der Waals surface area contributed by atoms with Crippen molar-refractivity contribution in [1.82, 2.24) is 0 Å². The van der Waals surface area contributed by atoms with E-state index in [1.807, 2.05) is 0 Å². The van der Waals surface area contributed by atoms with Crippen LogP contribution < -0.4 is 5.32 Å². The van der Waals surface area contributed by atoms with Gasteiger partial charge in [0.15, 0.2) is 5.82 Å². The Morgan fingerprint density at radius 2 is 2.21 bits per heavy atom. The summed E-state index contributed by atoms with van der Waals surface area (Å²) in [5.41, 5.74) is -0.862. The van der Waals surface area contributed by atoms with Gasteiger partial charge in [-0.2, -0.15) is 0 Å². The predicted molar refractivity (Wildman–Crippen MR) is 65.5 cm³/mol. The number of non-ortho nitro benzene ring substituents is 1. The van der Waals surface area contributed by atoms with Crippen LogP contribution in [0.15, 0.2) is 18.2 Å². The van der Waals surface area contributed by atoms with Gasteiger partial charge in [-0.1, -0.05) is 0 Å². The van der Waals surface area contributed by atoms with Crippen LogP contribution in [-0.4, -0.2) is 21.5 Å². The molecule has 1 saturated carbocycles. The van der Waals surface area contributed by atoms with E-state index >= 15 is 0 Å². The van der Waals surface area contributed by atoms with E-state index in [4.69, 9.17) is 5.11 Å². The number of nitro groups is 1. The maximum absolute atomic E-state index is 13.7. The number of carboxylic acids is 1. The molecule has 1 aliphatic rings. The van der Waals surface area contributed by atoms with Crippen molar-refractivity contribution in [3.63, 3.8) is 0 Å². The fourth-order valence-electron chi connectivity index (χ4n) is 2.24. The standard InChI is InChI=1S/C12H13FN2O4/c13-9-6-8(15(18)19)2-3-10(9)14-12(4-1-5-12)7-11(16)17/h2-3,6,14H,1,4-5,7H2,(H,16,17). The molecule has 0 saturated heterocycles. The van der Waals surface area contributed by atoms with Crippen LogP contribution in [0.3, 0.4) is 0 Å². The highest BCUT2D eigenvalue weighted by molar-refractivity contribution is 5.70. The van der Waals surface area contributed by atoms with Crippen molar-refractivity contribution in [2.24, 2.45) is 0 Å². The van der Waals surface area contributed by atoms with E-state index in [1.54, 1.807) is 0 Å². The number of rotatable bonds is 5. The first-order valence-corrected chi connectivity index (χ1v) is 5.86. The zero-order valence-electron chi connectivity index (χ0n) is 10.1. The van der Waals surface area contributed by atoms with Crippen LogP contribution in [0.1, 0.15) is 25.7 Å². The van der Waals surface area contributed by atoms with Gasteiger partial charge in [0.25, 0.3) is 5.69 Å². The summed E-state index contributed by atoms with van der Waals surface area (Å²) in [6.07, 6.45) is 2.09. The number of hydrogen-bond acceptors (Lipinski definition) is 4. The molecule has 0 aliphatic heterocycles. The number of nitro benzene ring substituents is 1. The average molecular weight is 268 g/mol. The summed E-state index contributed by atoms with van der Waals surface area (Å²) < 4.78 is 13.7. The quantitative estimate of drug-likeness (QED) is 0.632. The highest BCUT2D eigenvalue weighted by atomic mass is 19.1. The molecule has 6 nitrogen and oxygen atoms in total. The number of halogens is 1. The number of hydrogen-bond donors (Lipinski definition) is 2. The van der Waals surface area contributed by atoms with E-state index in [0.717, 1.165) is 12.5 Å². The highest BCUT2D eigenvalue weighted by Crippen LogP contribution is 2.39. The SMILES string of the molecule is O=C(O)CC1(Nc2ccc([N+](=O)[O-])cc2F)CCC1. The lowest BCUT2D eigenvalue weighted by molar-refractivity contribution is -0.385. The van der Waals surface area contributed by atoms with Crippen molar-refractivity contribution in [1.29, 1.82) is 0 Å². The Balaban J connectivity index is 2.18. The molecule has 0 aromatic heterocycles.